The van der Waals surface area contributed by atoms with Gasteiger partial charge in [-0.15, -0.1) is 0 Å². The van der Waals surface area contributed by atoms with Crippen LogP contribution in [-0.4, -0.2) is 51.1 Å². The Morgan fingerprint density at radius 1 is 1.32 bits per heavy atom. The van der Waals surface area contributed by atoms with Gasteiger partial charge < -0.3 is 4.74 Å². The molecule has 0 saturated carbocycles. The highest BCUT2D eigenvalue weighted by atomic mass is 32.2. The molecule has 1 aliphatic heterocycles. The summed E-state index contributed by atoms with van der Waals surface area (Å²) in [5.74, 6) is 0.197. The van der Waals surface area contributed by atoms with Gasteiger partial charge in [-0.2, -0.15) is 0 Å². The molecule has 106 valence electrons. The highest BCUT2D eigenvalue weighted by Crippen LogP contribution is 2.25. The van der Waals surface area contributed by atoms with Crippen molar-refractivity contribution in [2.75, 3.05) is 31.7 Å². The van der Waals surface area contributed by atoms with Crippen LogP contribution in [0.25, 0.3) is 0 Å². The smallest absolute Gasteiger partial charge is 0.148 e. The second-order valence-electron chi connectivity index (χ2n) is 5.20. The van der Waals surface area contributed by atoms with Crippen LogP contribution in [0.5, 0.6) is 0 Å². The van der Waals surface area contributed by atoms with Gasteiger partial charge in [0.2, 0.25) is 0 Å². The summed E-state index contributed by atoms with van der Waals surface area (Å²) in [5, 5.41) is 0. The number of hydrogen-bond acceptors (Lipinski definition) is 4. The first-order chi connectivity index (χ1) is 8.96. The lowest BCUT2D eigenvalue weighted by atomic mass is 10.0. The van der Waals surface area contributed by atoms with E-state index in [1.165, 1.54) is 11.8 Å². The van der Waals surface area contributed by atoms with Crippen molar-refractivity contribution in [3.8, 4) is 0 Å². The van der Waals surface area contributed by atoms with Gasteiger partial charge in [-0.05, 0) is 12.5 Å². The second kappa shape index (κ2) is 6.03. The van der Waals surface area contributed by atoms with Gasteiger partial charge in [0.1, 0.15) is 9.84 Å². The molecule has 0 aliphatic carbocycles. The fourth-order valence-electron chi connectivity index (χ4n) is 2.38. The Bertz CT molecular complexity index is 501. The summed E-state index contributed by atoms with van der Waals surface area (Å²) in [7, 11) is -2.93. The Hall–Kier alpha value is -0.910. The van der Waals surface area contributed by atoms with E-state index in [1.54, 1.807) is 0 Å². The molecule has 1 fully saturated rings. The molecule has 0 aromatic heterocycles. The van der Waals surface area contributed by atoms with Crippen molar-refractivity contribution < 1.29 is 13.2 Å². The van der Waals surface area contributed by atoms with Crippen molar-refractivity contribution in [2.24, 2.45) is 0 Å². The fourth-order valence-corrected chi connectivity index (χ4v) is 2.95. The Labute approximate surface area is 115 Å². The van der Waals surface area contributed by atoms with Crippen LogP contribution in [0.3, 0.4) is 0 Å². The first-order valence-electron chi connectivity index (χ1n) is 6.54. The molecule has 2 rings (SSSR count). The van der Waals surface area contributed by atoms with Crippen molar-refractivity contribution in [1.29, 1.82) is 0 Å². The summed E-state index contributed by atoms with van der Waals surface area (Å²) in [6.45, 7) is 3.98. The third kappa shape index (κ3) is 4.30. The van der Waals surface area contributed by atoms with Crippen LogP contribution in [0.4, 0.5) is 0 Å². The van der Waals surface area contributed by atoms with Crippen LogP contribution in [0, 0.1) is 0 Å². The molecule has 0 N–H and O–H groups in total. The van der Waals surface area contributed by atoms with E-state index in [9.17, 15) is 8.42 Å². The van der Waals surface area contributed by atoms with Gasteiger partial charge in [0, 0.05) is 19.3 Å². The Balaban J connectivity index is 2.11. The van der Waals surface area contributed by atoms with Crippen LogP contribution in [0.15, 0.2) is 30.3 Å². The van der Waals surface area contributed by atoms with Gasteiger partial charge in [0.05, 0.1) is 24.5 Å². The van der Waals surface area contributed by atoms with Crippen molar-refractivity contribution in [3.63, 3.8) is 0 Å². The van der Waals surface area contributed by atoms with Gasteiger partial charge in [-0.25, -0.2) is 8.42 Å². The molecule has 1 saturated heterocycles. The molecule has 19 heavy (non-hydrogen) atoms. The maximum Gasteiger partial charge on any atom is 0.148 e. The molecule has 5 heteroatoms. The lowest BCUT2D eigenvalue weighted by Gasteiger charge is -2.38. The minimum absolute atomic E-state index is 0.152. The van der Waals surface area contributed by atoms with E-state index >= 15 is 0 Å². The topological polar surface area (TPSA) is 46.6 Å². The van der Waals surface area contributed by atoms with Gasteiger partial charge in [-0.3, -0.25) is 4.90 Å². The molecule has 0 amide bonds. The average Bonchev–Trinajstić information content (AvgIpc) is 2.37. The molecule has 0 radical (unpaired) electrons. The first kappa shape index (κ1) is 14.5. The summed E-state index contributed by atoms with van der Waals surface area (Å²) in [6, 6.07) is 10.3. The molecule has 1 aromatic rings. The molecule has 1 heterocycles. The van der Waals surface area contributed by atoms with Gasteiger partial charge in [0.15, 0.2) is 0 Å². The zero-order chi connectivity index (χ0) is 13.9. The number of sulfone groups is 1. The molecule has 4 nitrogen and oxygen atoms in total. The monoisotopic (exact) mass is 283 g/mol. The molecule has 0 spiro atoms. The second-order valence-corrected chi connectivity index (χ2v) is 7.45. The van der Waals surface area contributed by atoms with E-state index in [2.05, 4.69) is 17.0 Å². The largest absolute Gasteiger partial charge is 0.375 e. The number of morpholine rings is 1. The Morgan fingerprint density at radius 3 is 2.63 bits per heavy atom. The molecular weight excluding hydrogens is 262 g/mol. The van der Waals surface area contributed by atoms with Crippen LogP contribution < -0.4 is 0 Å². The summed E-state index contributed by atoms with van der Waals surface area (Å²) in [6.07, 6.45) is 1.44. The van der Waals surface area contributed by atoms with E-state index in [0.29, 0.717) is 13.2 Å². The fraction of sp³-hybridized carbons (Fsp3) is 0.571. The molecule has 0 unspecified atom stereocenters. The molecular formula is C14H21NO3S. The third-order valence-corrected chi connectivity index (χ3v) is 4.33. The number of rotatable bonds is 4. The zero-order valence-electron chi connectivity index (χ0n) is 11.5. The minimum Gasteiger partial charge on any atom is -0.375 e. The van der Waals surface area contributed by atoms with Crippen molar-refractivity contribution in [1.82, 2.24) is 4.90 Å². The number of benzene rings is 1. The van der Waals surface area contributed by atoms with Gasteiger partial charge in [-0.1, -0.05) is 30.3 Å². The maximum absolute atomic E-state index is 11.3. The lowest BCUT2D eigenvalue weighted by Crippen LogP contribution is -2.45. The van der Waals surface area contributed by atoms with E-state index in [1.807, 2.05) is 25.1 Å². The van der Waals surface area contributed by atoms with E-state index in [-0.39, 0.29) is 17.9 Å². The normalized spacial score (nSPS) is 25.4. The van der Waals surface area contributed by atoms with Crippen LogP contribution in [0.1, 0.15) is 18.5 Å². The quantitative estimate of drug-likeness (QED) is 0.840. The van der Waals surface area contributed by atoms with Crippen LogP contribution in [-0.2, 0) is 14.6 Å². The minimum atomic E-state index is -2.93. The molecule has 2 atom stereocenters. The number of nitrogens with zero attached hydrogens (tertiary/aromatic N) is 1. The van der Waals surface area contributed by atoms with Gasteiger partial charge >= 0.3 is 0 Å². The molecule has 0 bridgehead atoms. The average molecular weight is 283 g/mol. The van der Waals surface area contributed by atoms with E-state index in [4.69, 9.17) is 4.74 Å². The Morgan fingerprint density at radius 2 is 2.00 bits per heavy atom. The standard InChI is InChI=1S/C14H21NO3S/c1-12-10-15(8-9-19(2,16)17)14(11-18-12)13-6-4-3-5-7-13/h3-7,12,14H,8-11H2,1-2H3/t12-,14-/m1/s1. The summed E-state index contributed by atoms with van der Waals surface area (Å²) < 4.78 is 28.4. The predicted molar refractivity (Wildman–Crippen MR) is 75.9 cm³/mol. The van der Waals surface area contributed by atoms with Gasteiger partial charge in [0.25, 0.3) is 0 Å². The molecule has 1 aromatic carbocycles. The van der Waals surface area contributed by atoms with E-state index in [0.717, 1.165) is 6.54 Å². The highest BCUT2D eigenvalue weighted by Gasteiger charge is 2.28. The lowest BCUT2D eigenvalue weighted by molar-refractivity contribution is -0.0538. The van der Waals surface area contributed by atoms with Crippen LogP contribution >= 0.6 is 0 Å². The van der Waals surface area contributed by atoms with Crippen molar-refractivity contribution in [3.05, 3.63) is 35.9 Å². The summed E-state index contributed by atoms with van der Waals surface area (Å²) in [5.41, 5.74) is 1.18. The summed E-state index contributed by atoms with van der Waals surface area (Å²) >= 11 is 0. The van der Waals surface area contributed by atoms with Crippen molar-refractivity contribution in [2.45, 2.75) is 19.1 Å². The SMILES string of the molecule is C[C@@H]1CN(CCS(C)(=O)=O)[C@@H](c2ccccc2)CO1. The number of ether oxygens (including phenoxy) is 1. The summed E-state index contributed by atoms with van der Waals surface area (Å²) in [4.78, 5) is 2.21. The third-order valence-electron chi connectivity index (χ3n) is 3.40. The maximum atomic E-state index is 11.3. The van der Waals surface area contributed by atoms with Crippen molar-refractivity contribution >= 4 is 9.84 Å². The van der Waals surface area contributed by atoms with E-state index < -0.39 is 9.84 Å². The molecule has 1 aliphatic rings. The number of hydrogen-bond donors (Lipinski definition) is 0. The van der Waals surface area contributed by atoms with Crippen LogP contribution in [0.2, 0.25) is 0 Å². The highest BCUT2D eigenvalue weighted by molar-refractivity contribution is 7.90. The predicted octanol–water partition coefficient (Wildman–Crippen LogP) is 1.49. The Kier molecular flexibility index (Phi) is 4.60. The zero-order valence-corrected chi connectivity index (χ0v) is 12.3. The first-order valence-corrected chi connectivity index (χ1v) is 8.60.